The number of para-hydroxylation sites is 2. The number of nitro groups is 1. The van der Waals surface area contributed by atoms with Gasteiger partial charge < -0.3 is 26.0 Å². The number of nitrogens with zero attached hydrogens (tertiary/aromatic N) is 1. The minimum absolute atomic E-state index is 0.186. The highest BCUT2D eigenvalue weighted by Gasteiger charge is 2.48. The van der Waals surface area contributed by atoms with Crippen molar-refractivity contribution in [3.8, 4) is 5.75 Å². The smallest absolute Gasteiger partial charge is 0.271 e. The second-order valence-corrected chi connectivity index (χ2v) is 7.63. The van der Waals surface area contributed by atoms with Crippen LogP contribution < -0.4 is 31.3 Å². The van der Waals surface area contributed by atoms with E-state index in [4.69, 9.17) is 4.74 Å². The topological polar surface area (TPSA) is 164 Å². The van der Waals surface area contributed by atoms with Crippen molar-refractivity contribution in [3.63, 3.8) is 0 Å². The number of fused-ring (bicyclic) bond motifs is 1. The molecule has 12 heteroatoms. The molecule has 172 valence electrons. The average molecular weight is 454 g/mol. The predicted molar refractivity (Wildman–Crippen MR) is 117 cm³/mol. The number of benzene rings is 2. The van der Waals surface area contributed by atoms with Crippen LogP contribution in [0.1, 0.15) is 6.42 Å². The third-order valence-corrected chi connectivity index (χ3v) is 5.52. The summed E-state index contributed by atoms with van der Waals surface area (Å²) in [6.07, 6.45) is -1.72. The average Bonchev–Trinajstić information content (AvgIpc) is 2.78. The molecule has 4 rings (SSSR count). The summed E-state index contributed by atoms with van der Waals surface area (Å²) in [4.78, 5) is 48.6. The van der Waals surface area contributed by atoms with Crippen LogP contribution >= 0.6 is 0 Å². The number of rotatable bonds is 6. The molecule has 0 spiro atoms. The third kappa shape index (κ3) is 4.70. The van der Waals surface area contributed by atoms with Crippen LogP contribution in [-0.2, 0) is 14.4 Å². The van der Waals surface area contributed by atoms with E-state index in [-0.39, 0.29) is 17.8 Å². The number of anilines is 2. The molecule has 2 aromatic rings. The van der Waals surface area contributed by atoms with Gasteiger partial charge in [-0.3, -0.25) is 29.8 Å². The summed E-state index contributed by atoms with van der Waals surface area (Å²) in [5, 5.41) is 25.2. The van der Waals surface area contributed by atoms with Gasteiger partial charge in [-0.15, -0.1) is 0 Å². The van der Waals surface area contributed by atoms with Gasteiger partial charge in [0, 0.05) is 24.2 Å². The first kappa shape index (κ1) is 22.0. The Morgan fingerprint density at radius 3 is 2.70 bits per heavy atom. The molecular formula is C21H22N6O6. The Hall–Kier alpha value is -4.19. The molecule has 4 atom stereocenters. The van der Waals surface area contributed by atoms with Crippen LogP contribution in [0.3, 0.4) is 0 Å². The number of non-ortho nitro benzene ring substituents is 1. The second-order valence-electron chi connectivity index (χ2n) is 7.63. The number of nitro benzene ring substituents is 1. The summed E-state index contributed by atoms with van der Waals surface area (Å²) in [5.74, 6) is -2.68. The van der Waals surface area contributed by atoms with Crippen molar-refractivity contribution >= 4 is 34.8 Å². The summed E-state index contributed by atoms with van der Waals surface area (Å²) in [6.45, 7) is 0. The Morgan fingerprint density at radius 1 is 1.15 bits per heavy atom. The quantitative estimate of drug-likeness (QED) is 0.315. The summed E-state index contributed by atoms with van der Waals surface area (Å²) >= 11 is 0. The molecule has 33 heavy (non-hydrogen) atoms. The van der Waals surface area contributed by atoms with E-state index in [0.717, 1.165) is 0 Å². The van der Waals surface area contributed by atoms with E-state index in [0.29, 0.717) is 11.4 Å². The van der Waals surface area contributed by atoms with E-state index in [1.807, 2.05) is 0 Å². The van der Waals surface area contributed by atoms with Crippen molar-refractivity contribution < 1.29 is 24.0 Å². The van der Waals surface area contributed by atoms with E-state index in [1.165, 1.54) is 31.4 Å². The van der Waals surface area contributed by atoms with Gasteiger partial charge in [0.2, 0.25) is 17.7 Å². The van der Waals surface area contributed by atoms with Crippen LogP contribution in [0.25, 0.3) is 0 Å². The van der Waals surface area contributed by atoms with Crippen LogP contribution in [0.2, 0.25) is 0 Å². The van der Waals surface area contributed by atoms with E-state index in [9.17, 15) is 24.5 Å². The molecule has 2 fully saturated rings. The van der Waals surface area contributed by atoms with Crippen molar-refractivity contribution in [3.05, 3.63) is 58.6 Å². The van der Waals surface area contributed by atoms with Gasteiger partial charge in [0.25, 0.3) is 5.69 Å². The molecule has 0 radical (unpaired) electrons. The van der Waals surface area contributed by atoms with Gasteiger partial charge >= 0.3 is 0 Å². The molecule has 3 amide bonds. The molecule has 0 saturated carbocycles. The first-order chi connectivity index (χ1) is 15.9. The molecule has 2 heterocycles. The highest BCUT2D eigenvalue weighted by Crippen LogP contribution is 2.29. The Bertz CT molecular complexity index is 1110. The SMILES string of the molecule is COc1ccccc1NC1NC(=O)C2C(NC(=O)CC2C(=O)Nc2cccc([N+](=O)[O-])c2)N1. The summed E-state index contributed by atoms with van der Waals surface area (Å²) in [5.41, 5.74) is 0.643. The number of amides is 3. The highest BCUT2D eigenvalue weighted by atomic mass is 16.6. The van der Waals surface area contributed by atoms with Gasteiger partial charge in [-0.25, -0.2) is 0 Å². The number of methoxy groups -OCH3 is 1. The molecule has 2 saturated heterocycles. The minimum Gasteiger partial charge on any atom is -0.495 e. The van der Waals surface area contributed by atoms with Crippen LogP contribution in [0.5, 0.6) is 5.75 Å². The van der Waals surface area contributed by atoms with Crippen LogP contribution in [0.4, 0.5) is 17.1 Å². The Morgan fingerprint density at radius 2 is 1.94 bits per heavy atom. The number of piperidine rings is 1. The molecule has 2 aromatic carbocycles. The minimum atomic E-state index is -0.970. The van der Waals surface area contributed by atoms with Crippen molar-refractivity contribution in [2.45, 2.75) is 18.9 Å². The van der Waals surface area contributed by atoms with Crippen molar-refractivity contribution in [2.24, 2.45) is 11.8 Å². The van der Waals surface area contributed by atoms with E-state index in [2.05, 4.69) is 26.6 Å². The maximum atomic E-state index is 13.0. The Balaban J connectivity index is 1.49. The molecule has 2 aliphatic rings. The zero-order valence-electron chi connectivity index (χ0n) is 17.5. The standard InChI is InChI=1S/C21H22N6O6/c1-33-15-8-3-2-7-14(15)23-21-25-18-17(20(30)26-21)13(10-16(28)24-18)19(29)22-11-5-4-6-12(9-11)27(31)32/h2-9,13,17-18,21,23,25H,10H2,1H3,(H,22,29)(H,24,28)(H,26,30). The number of carbonyl (C=O) groups excluding carboxylic acids is 3. The van der Waals surface area contributed by atoms with Gasteiger partial charge in [-0.05, 0) is 18.2 Å². The molecule has 2 aliphatic heterocycles. The molecular weight excluding hydrogens is 432 g/mol. The van der Waals surface area contributed by atoms with Gasteiger partial charge in [0.05, 0.1) is 35.7 Å². The first-order valence-electron chi connectivity index (χ1n) is 10.2. The maximum absolute atomic E-state index is 13.0. The van der Waals surface area contributed by atoms with E-state index >= 15 is 0 Å². The van der Waals surface area contributed by atoms with Gasteiger partial charge in [-0.2, -0.15) is 0 Å². The lowest BCUT2D eigenvalue weighted by atomic mass is 9.81. The monoisotopic (exact) mass is 454 g/mol. The first-order valence-corrected chi connectivity index (χ1v) is 10.2. The van der Waals surface area contributed by atoms with Crippen LogP contribution in [0, 0.1) is 22.0 Å². The summed E-state index contributed by atoms with van der Waals surface area (Å²) < 4.78 is 5.30. The third-order valence-electron chi connectivity index (χ3n) is 5.52. The fourth-order valence-electron chi connectivity index (χ4n) is 4.01. The zero-order valence-corrected chi connectivity index (χ0v) is 17.5. The molecule has 12 nitrogen and oxygen atoms in total. The maximum Gasteiger partial charge on any atom is 0.271 e. The van der Waals surface area contributed by atoms with Gasteiger partial charge in [0.15, 0.2) is 6.29 Å². The molecule has 0 aromatic heterocycles. The van der Waals surface area contributed by atoms with Crippen LogP contribution in [-0.4, -0.2) is 42.2 Å². The van der Waals surface area contributed by atoms with Crippen molar-refractivity contribution in [1.29, 1.82) is 0 Å². The van der Waals surface area contributed by atoms with Crippen LogP contribution in [0.15, 0.2) is 48.5 Å². The van der Waals surface area contributed by atoms with Crippen molar-refractivity contribution in [2.75, 3.05) is 17.7 Å². The van der Waals surface area contributed by atoms with Gasteiger partial charge in [0.1, 0.15) is 5.75 Å². The lowest BCUT2D eigenvalue weighted by Crippen LogP contribution is -2.72. The molecule has 0 aliphatic carbocycles. The number of hydrogen-bond acceptors (Lipinski definition) is 8. The Labute approximate surface area is 188 Å². The normalized spacial score (nSPS) is 24.0. The van der Waals surface area contributed by atoms with Gasteiger partial charge in [-0.1, -0.05) is 18.2 Å². The number of ether oxygens (including phenoxy) is 1. The lowest BCUT2D eigenvalue weighted by molar-refractivity contribution is -0.384. The second kappa shape index (κ2) is 9.12. The zero-order chi connectivity index (χ0) is 23.5. The number of nitrogens with one attached hydrogen (secondary N) is 5. The largest absolute Gasteiger partial charge is 0.495 e. The predicted octanol–water partition coefficient (Wildman–Crippen LogP) is 0.735. The summed E-state index contributed by atoms with van der Waals surface area (Å²) in [7, 11) is 1.52. The molecule has 0 bridgehead atoms. The number of carbonyl (C=O) groups is 3. The highest BCUT2D eigenvalue weighted by molar-refractivity contribution is 6.00. The fraction of sp³-hybridized carbons (Fsp3) is 0.286. The Kier molecular flexibility index (Phi) is 6.09. The summed E-state index contributed by atoms with van der Waals surface area (Å²) in [6, 6.07) is 12.6. The van der Waals surface area contributed by atoms with E-state index in [1.54, 1.807) is 24.3 Å². The fourth-order valence-corrected chi connectivity index (χ4v) is 4.01. The van der Waals surface area contributed by atoms with E-state index < -0.39 is 46.9 Å². The lowest BCUT2D eigenvalue weighted by Gasteiger charge is -2.43. The molecule has 4 unspecified atom stereocenters. The van der Waals surface area contributed by atoms with Crippen molar-refractivity contribution in [1.82, 2.24) is 16.0 Å². The number of hydrogen-bond donors (Lipinski definition) is 5. The molecule has 5 N–H and O–H groups in total.